The van der Waals surface area contributed by atoms with E-state index in [1.54, 1.807) is 24.3 Å². The summed E-state index contributed by atoms with van der Waals surface area (Å²) in [5.74, 6) is 1.43. The molecule has 37 heavy (non-hydrogen) atoms. The Bertz CT molecular complexity index is 1410. The molecular weight excluding hydrogens is 476 g/mol. The summed E-state index contributed by atoms with van der Waals surface area (Å²) in [6.45, 7) is 0. The lowest BCUT2D eigenvalue weighted by molar-refractivity contribution is -0.115. The average Bonchev–Trinajstić information content (AvgIpc) is 3.65. The molecule has 2 heterocycles. The number of aromatic hydroxyl groups is 1. The maximum absolute atomic E-state index is 13.2. The molecule has 0 saturated heterocycles. The van der Waals surface area contributed by atoms with Crippen LogP contribution in [0.3, 0.4) is 0 Å². The summed E-state index contributed by atoms with van der Waals surface area (Å²) >= 11 is 0. The standard InChI is InChI=1S/C27H28N4O6/c1-35-19-8-5-9-20(36-2)24(19)31-21(13-12-16-10-11-16)28-25(33)23(27(31)34)26-30-29-22(37-26)15-17-6-3-4-7-18(32)14-17/h3-9,16-17,34H,10-15H2,1-2H3. The van der Waals surface area contributed by atoms with Crippen LogP contribution in [0.5, 0.6) is 17.4 Å². The lowest BCUT2D eigenvalue weighted by atomic mass is 9.99. The molecule has 2 aromatic heterocycles. The van der Waals surface area contributed by atoms with E-state index in [1.807, 2.05) is 12.2 Å². The molecule has 0 aliphatic heterocycles. The summed E-state index contributed by atoms with van der Waals surface area (Å²) in [7, 11) is 3.03. The SMILES string of the molecule is COc1cccc(OC)c1-n1c(CCC2CC2)nc(=O)c(-c2nnc(CC3C=CC=CC(=O)C3)o2)c1O. The van der Waals surface area contributed by atoms with Crippen molar-refractivity contribution in [3.05, 3.63) is 64.6 Å². The zero-order valence-electron chi connectivity index (χ0n) is 20.7. The molecule has 5 rings (SSSR count). The molecule has 10 nitrogen and oxygen atoms in total. The highest BCUT2D eigenvalue weighted by atomic mass is 16.5. The fourth-order valence-corrected chi connectivity index (χ4v) is 4.51. The van der Waals surface area contributed by atoms with Gasteiger partial charge in [0, 0.05) is 19.3 Å². The number of hydrogen-bond acceptors (Lipinski definition) is 9. The number of aromatic nitrogens is 4. The van der Waals surface area contributed by atoms with Crippen LogP contribution in [0, 0.1) is 11.8 Å². The number of carbonyl (C=O) groups excluding carboxylic acids is 1. The fourth-order valence-electron chi connectivity index (χ4n) is 4.51. The number of methoxy groups -OCH3 is 2. The van der Waals surface area contributed by atoms with Crippen molar-refractivity contribution < 1.29 is 23.8 Å². The van der Waals surface area contributed by atoms with Crippen LogP contribution in [0.15, 0.2) is 51.7 Å². The van der Waals surface area contributed by atoms with E-state index in [4.69, 9.17) is 13.9 Å². The number of allylic oxidation sites excluding steroid dienone is 4. The highest BCUT2D eigenvalue weighted by Gasteiger charge is 2.29. The predicted octanol–water partition coefficient (Wildman–Crippen LogP) is 3.59. The van der Waals surface area contributed by atoms with E-state index in [-0.39, 0.29) is 29.0 Å². The minimum Gasteiger partial charge on any atom is -0.494 e. The summed E-state index contributed by atoms with van der Waals surface area (Å²) in [6.07, 6.45) is 11.2. The number of hydrogen-bond donors (Lipinski definition) is 1. The lowest BCUT2D eigenvalue weighted by Crippen LogP contribution is -2.20. The number of ether oxygens (including phenoxy) is 2. The Balaban J connectivity index is 1.58. The molecule has 1 unspecified atom stereocenters. The number of ketones is 1. The minimum atomic E-state index is -0.669. The van der Waals surface area contributed by atoms with E-state index in [9.17, 15) is 14.7 Å². The van der Waals surface area contributed by atoms with Crippen molar-refractivity contribution in [2.75, 3.05) is 14.2 Å². The van der Waals surface area contributed by atoms with Gasteiger partial charge in [-0.2, -0.15) is 4.98 Å². The number of benzene rings is 1. The molecule has 1 atom stereocenters. The Hall–Kier alpha value is -4.21. The monoisotopic (exact) mass is 504 g/mol. The van der Waals surface area contributed by atoms with Gasteiger partial charge >= 0.3 is 0 Å². The van der Waals surface area contributed by atoms with Crippen molar-refractivity contribution in [2.24, 2.45) is 11.8 Å². The molecule has 0 amide bonds. The Morgan fingerprint density at radius 2 is 1.86 bits per heavy atom. The number of aryl methyl sites for hydroxylation is 1. The second kappa shape index (κ2) is 10.4. The molecule has 2 aliphatic carbocycles. The second-order valence-electron chi connectivity index (χ2n) is 9.24. The molecule has 0 bridgehead atoms. The topological polar surface area (TPSA) is 130 Å². The summed E-state index contributed by atoms with van der Waals surface area (Å²) in [4.78, 5) is 29.4. The zero-order chi connectivity index (χ0) is 25.9. The van der Waals surface area contributed by atoms with E-state index in [0.29, 0.717) is 48.2 Å². The van der Waals surface area contributed by atoms with E-state index < -0.39 is 11.4 Å². The van der Waals surface area contributed by atoms with E-state index in [1.165, 1.54) is 24.9 Å². The Morgan fingerprint density at radius 3 is 2.57 bits per heavy atom. The number of para-hydroxylation sites is 1. The normalized spacial score (nSPS) is 17.1. The van der Waals surface area contributed by atoms with Gasteiger partial charge in [0.05, 0.1) is 14.2 Å². The third kappa shape index (κ3) is 5.18. The largest absolute Gasteiger partial charge is 0.494 e. The smallest absolute Gasteiger partial charge is 0.289 e. The van der Waals surface area contributed by atoms with E-state index >= 15 is 0 Å². The van der Waals surface area contributed by atoms with Crippen molar-refractivity contribution in [3.63, 3.8) is 0 Å². The van der Waals surface area contributed by atoms with Crippen LogP contribution in [0.1, 0.15) is 37.4 Å². The van der Waals surface area contributed by atoms with Gasteiger partial charge in [-0.05, 0) is 36.5 Å². The van der Waals surface area contributed by atoms with Crippen LogP contribution >= 0.6 is 0 Å². The van der Waals surface area contributed by atoms with Crippen molar-refractivity contribution in [1.29, 1.82) is 0 Å². The predicted molar refractivity (Wildman–Crippen MR) is 134 cm³/mol. The van der Waals surface area contributed by atoms with Crippen molar-refractivity contribution >= 4 is 5.78 Å². The summed E-state index contributed by atoms with van der Waals surface area (Å²) < 4.78 is 18.4. The Morgan fingerprint density at radius 1 is 1.11 bits per heavy atom. The van der Waals surface area contributed by atoms with Crippen LogP contribution in [0.25, 0.3) is 17.1 Å². The second-order valence-corrected chi connectivity index (χ2v) is 9.24. The third-order valence-electron chi connectivity index (χ3n) is 6.59. The van der Waals surface area contributed by atoms with Gasteiger partial charge < -0.3 is 19.0 Å². The van der Waals surface area contributed by atoms with Crippen LogP contribution in [-0.2, 0) is 17.6 Å². The lowest BCUT2D eigenvalue weighted by Gasteiger charge is -2.20. The van der Waals surface area contributed by atoms with E-state index in [0.717, 1.165) is 19.3 Å². The molecule has 1 N–H and O–H groups in total. The molecule has 0 radical (unpaired) electrons. The summed E-state index contributed by atoms with van der Waals surface area (Å²) in [5, 5.41) is 19.6. The number of rotatable bonds is 9. The van der Waals surface area contributed by atoms with Crippen molar-refractivity contribution in [2.45, 2.75) is 38.5 Å². The van der Waals surface area contributed by atoms with Crippen LogP contribution in [0.2, 0.25) is 0 Å². The first-order chi connectivity index (χ1) is 18.0. The van der Waals surface area contributed by atoms with Gasteiger partial charge in [0.1, 0.15) is 23.0 Å². The molecule has 0 spiro atoms. The quantitative estimate of drug-likeness (QED) is 0.465. The Labute approximate surface area is 213 Å². The highest BCUT2D eigenvalue weighted by Crippen LogP contribution is 2.39. The third-order valence-corrected chi connectivity index (χ3v) is 6.59. The first kappa shape index (κ1) is 24.5. The van der Waals surface area contributed by atoms with Crippen LogP contribution < -0.4 is 15.0 Å². The van der Waals surface area contributed by atoms with Gasteiger partial charge in [-0.15, -0.1) is 10.2 Å². The minimum absolute atomic E-state index is 0.00649. The molecule has 1 aromatic carbocycles. The van der Waals surface area contributed by atoms with Gasteiger partial charge in [-0.3, -0.25) is 14.2 Å². The van der Waals surface area contributed by atoms with Gasteiger partial charge in [0.15, 0.2) is 11.3 Å². The molecule has 2 aliphatic rings. The molecule has 10 heteroatoms. The first-order valence-corrected chi connectivity index (χ1v) is 12.2. The van der Waals surface area contributed by atoms with Crippen LogP contribution in [0.4, 0.5) is 0 Å². The van der Waals surface area contributed by atoms with Crippen molar-refractivity contribution in [3.8, 4) is 34.5 Å². The molecule has 3 aromatic rings. The maximum Gasteiger partial charge on any atom is 0.289 e. The maximum atomic E-state index is 13.2. The van der Waals surface area contributed by atoms with Gasteiger partial charge in [0.2, 0.25) is 11.8 Å². The highest BCUT2D eigenvalue weighted by molar-refractivity contribution is 5.90. The Kier molecular flexibility index (Phi) is 6.89. The van der Waals surface area contributed by atoms with Crippen LogP contribution in [-0.4, -0.2) is 44.9 Å². The average molecular weight is 505 g/mol. The summed E-state index contributed by atoms with van der Waals surface area (Å²) in [5.41, 5.74) is -0.465. The van der Waals surface area contributed by atoms with Gasteiger partial charge in [0.25, 0.3) is 11.4 Å². The number of nitrogens with zero attached hydrogens (tertiary/aromatic N) is 4. The molecular formula is C27H28N4O6. The van der Waals surface area contributed by atoms with Crippen molar-refractivity contribution in [1.82, 2.24) is 19.7 Å². The van der Waals surface area contributed by atoms with E-state index in [2.05, 4.69) is 15.2 Å². The number of carbonyl (C=O) groups is 1. The first-order valence-electron chi connectivity index (χ1n) is 12.2. The zero-order valence-corrected chi connectivity index (χ0v) is 20.7. The molecule has 1 saturated carbocycles. The molecule has 192 valence electrons. The van der Waals surface area contributed by atoms with Gasteiger partial charge in [-0.1, -0.05) is 37.1 Å². The fraction of sp³-hybridized carbons (Fsp3) is 0.370. The summed E-state index contributed by atoms with van der Waals surface area (Å²) in [6, 6.07) is 5.24. The molecule has 1 fully saturated rings. The van der Waals surface area contributed by atoms with Gasteiger partial charge in [-0.25, -0.2) is 0 Å².